The van der Waals surface area contributed by atoms with Gasteiger partial charge in [0.1, 0.15) is 17.8 Å². The van der Waals surface area contributed by atoms with Crippen molar-refractivity contribution in [3.8, 4) is 12.3 Å². The van der Waals surface area contributed by atoms with Crippen molar-refractivity contribution in [3.05, 3.63) is 59.3 Å². The molecule has 1 aromatic rings. The van der Waals surface area contributed by atoms with E-state index in [9.17, 15) is 8.42 Å². The van der Waals surface area contributed by atoms with Crippen molar-refractivity contribution in [3.63, 3.8) is 0 Å². The minimum absolute atomic E-state index is 0.0216. The van der Waals surface area contributed by atoms with Crippen molar-refractivity contribution in [2.45, 2.75) is 82.5 Å². The maximum atomic E-state index is 13.0. The maximum Gasteiger partial charge on any atom is 0.198 e. The molecule has 1 heterocycles. The van der Waals surface area contributed by atoms with Crippen LogP contribution in [0.5, 0.6) is 0 Å². The number of sulfone groups is 1. The number of hydrogen-bond acceptors (Lipinski definition) is 5. The van der Waals surface area contributed by atoms with Gasteiger partial charge in [-0.3, -0.25) is 0 Å². The molecule has 0 aromatic heterocycles. The fraction of sp³-hybridized carbons (Fsp3) is 0.444. The first-order chi connectivity index (χ1) is 16.4. The van der Waals surface area contributed by atoms with Crippen LogP contribution in [0.3, 0.4) is 0 Å². The number of nitrogens with one attached hydrogen (secondary N) is 3. The molecule has 3 unspecified atom stereocenters. The molecule has 3 rings (SSSR count). The van der Waals surface area contributed by atoms with Crippen LogP contribution in [-0.4, -0.2) is 43.5 Å². The van der Waals surface area contributed by atoms with Gasteiger partial charge in [-0.1, -0.05) is 18.1 Å². The Bertz CT molecular complexity index is 1240. The zero-order chi connectivity index (χ0) is 26.0. The van der Waals surface area contributed by atoms with E-state index in [1.807, 2.05) is 59.0 Å². The van der Waals surface area contributed by atoms with E-state index in [-0.39, 0.29) is 23.1 Å². The zero-order valence-corrected chi connectivity index (χ0v) is 22.3. The van der Waals surface area contributed by atoms with Crippen LogP contribution >= 0.6 is 0 Å². The topological polar surface area (TPSA) is 91.8 Å². The molecule has 2 aliphatic rings. The molecule has 1 aromatic carbocycles. The van der Waals surface area contributed by atoms with Crippen LogP contribution in [0.1, 0.15) is 48.5 Å². The van der Waals surface area contributed by atoms with E-state index in [1.54, 1.807) is 32.0 Å². The molecule has 0 radical (unpaired) electrons. The Morgan fingerprint density at radius 2 is 1.86 bits per heavy atom. The van der Waals surface area contributed by atoms with E-state index in [0.29, 0.717) is 11.6 Å². The van der Waals surface area contributed by atoms with E-state index < -0.39 is 20.8 Å². The number of aliphatic imine (C=N–C) groups is 1. The summed E-state index contributed by atoms with van der Waals surface area (Å²) in [6.45, 7) is 13.2. The molecule has 0 amide bonds. The highest BCUT2D eigenvalue weighted by atomic mass is 32.2. The number of terminal acetylenes is 1. The Hall–Kier alpha value is -3.02. The molecule has 7 nitrogen and oxygen atoms in total. The van der Waals surface area contributed by atoms with Crippen LogP contribution < -0.4 is 16.0 Å². The monoisotopic (exact) mass is 496 g/mol. The summed E-state index contributed by atoms with van der Waals surface area (Å²) >= 11 is 0. The number of nitrogens with zero attached hydrogens (tertiary/aromatic N) is 1. The number of ether oxygens (including phenoxy) is 1. The summed E-state index contributed by atoms with van der Waals surface area (Å²) in [5.74, 6) is 3.25. The summed E-state index contributed by atoms with van der Waals surface area (Å²) in [4.78, 5) is 5.15. The lowest BCUT2D eigenvalue weighted by molar-refractivity contribution is 0.0283. The second kappa shape index (κ2) is 10.3. The van der Waals surface area contributed by atoms with Crippen LogP contribution in [0, 0.1) is 12.3 Å². The zero-order valence-electron chi connectivity index (χ0n) is 21.5. The number of para-hydroxylation sites is 1. The third-order valence-corrected chi connectivity index (χ3v) is 8.37. The Morgan fingerprint density at radius 3 is 2.49 bits per heavy atom. The van der Waals surface area contributed by atoms with Crippen LogP contribution in [-0.2, 0) is 14.6 Å². The highest BCUT2D eigenvalue weighted by Crippen LogP contribution is 2.30. The molecule has 0 saturated heterocycles. The largest absolute Gasteiger partial charge is 0.369 e. The predicted molar refractivity (Wildman–Crippen MR) is 143 cm³/mol. The Morgan fingerprint density at radius 1 is 1.17 bits per heavy atom. The van der Waals surface area contributed by atoms with Crippen LogP contribution in [0.15, 0.2) is 69.2 Å². The van der Waals surface area contributed by atoms with Crippen molar-refractivity contribution in [2.75, 3.05) is 5.32 Å². The summed E-state index contributed by atoms with van der Waals surface area (Å²) in [6, 6.07) is 6.63. The molecule has 35 heavy (non-hydrogen) atoms. The van der Waals surface area contributed by atoms with Gasteiger partial charge in [-0.05, 0) is 83.9 Å². The van der Waals surface area contributed by atoms with Gasteiger partial charge in [-0.15, -0.1) is 6.42 Å². The molecule has 3 atom stereocenters. The van der Waals surface area contributed by atoms with Gasteiger partial charge in [-0.2, -0.15) is 0 Å². The van der Waals surface area contributed by atoms with Crippen LogP contribution in [0.2, 0.25) is 0 Å². The standard InChI is InChI=1S/C27H36N4O3S/c1-9-21-15-23(24(14-19(21)6)34-17(2)3)29-26-28-16-20(7)27(8,31-26)30-22-12-10-11-13-25(22)35(32,33)18(4)5/h1,10-18,23-24,30H,2-8H3,(H2,28,29,31). The average Bonchev–Trinajstić information content (AvgIpc) is 2.77. The number of guanidine groups is 1. The van der Waals surface area contributed by atoms with Crippen LogP contribution in [0.25, 0.3) is 0 Å². The molecule has 0 fully saturated rings. The van der Waals surface area contributed by atoms with Crippen molar-refractivity contribution >= 4 is 21.5 Å². The summed E-state index contributed by atoms with van der Waals surface area (Å²) in [5.41, 5.74) is 2.45. The van der Waals surface area contributed by atoms with Gasteiger partial charge in [-0.25, -0.2) is 13.4 Å². The smallest absolute Gasteiger partial charge is 0.198 e. The predicted octanol–water partition coefficient (Wildman–Crippen LogP) is 4.13. The van der Waals surface area contributed by atoms with Gasteiger partial charge in [0.05, 0.1) is 21.9 Å². The first-order valence-corrected chi connectivity index (χ1v) is 13.4. The molecule has 1 aliphatic carbocycles. The lowest BCUT2D eigenvalue weighted by Gasteiger charge is -2.39. The minimum Gasteiger partial charge on any atom is -0.369 e. The Labute approximate surface area is 209 Å². The third kappa shape index (κ3) is 5.80. The van der Waals surface area contributed by atoms with Crippen LogP contribution in [0.4, 0.5) is 5.69 Å². The van der Waals surface area contributed by atoms with Gasteiger partial charge in [0.15, 0.2) is 15.8 Å². The first-order valence-electron chi connectivity index (χ1n) is 11.8. The number of rotatable bonds is 7. The molecule has 188 valence electrons. The Balaban J connectivity index is 1.95. The van der Waals surface area contributed by atoms with Crippen molar-refractivity contribution in [1.82, 2.24) is 10.6 Å². The molecule has 3 N–H and O–H groups in total. The summed E-state index contributed by atoms with van der Waals surface area (Å²) in [5, 5.41) is 9.48. The normalized spacial score (nSPS) is 25.8. The fourth-order valence-electron chi connectivity index (χ4n) is 3.92. The van der Waals surface area contributed by atoms with Crippen molar-refractivity contribution in [2.24, 2.45) is 4.99 Å². The van der Waals surface area contributed by atoms with Gasteiger partial charge in [0, 0.05) is 11.8 Å². The highest BCUT2D eigenvalue weighted by molar-refractivity contribution is 7.92. The molecule has 8 heteroatoms. The van der Waals surface area contributed by atoms with Gasteiger partial charge < -0.3 is 20.7 Å². The second-order valence-electron chi connectivity index (χ2n) is 9.63. The van der Waals surface area contributed by atoms with E-state index in [4.69, 9.17) is 16.2 Å². The first kappa shape index (κ1) is 26.6. The number of anilines is 1. The molecule has 1 aliphatic heterocycles. The SMILES string of the molecule is C#CC1=CC(N=C2NC=C(C)C(C)(Nc3ccccc3S(=O)(=O)C(C)C)N2)C(OC(C)C)C=C1C. The number of benzene rings is 1. The molecular formula is C27H36N4O3S. The lowest BCUT2D eigenvalue weighted by atomic mass is 9.94. The minimum atomic E-state index is -3.48. The van der Waals surface area contributed by atoms with E-state index >= 15 is 0 Å². The number of allylic oxidation sites excluding steroid dienone is 2. The van der Waals surface area contributed by atoms with E-state index in [0.717, 1.165) is 16.7 Å². The third-order valence-electron chi connectivity index (χ3n) is 6.16. The molecule has 0 saturated carbocycles. The Kier molecular flexibility index (Phi) is 7.83. The van der Waals surface area contributed by atoms with Gasteiger partial charge in [0.25, 0.3) is 0 Å². The maximum absolute atomic E-state index is 13.0. The lowest BCUT2D eigenvalue weighted by Crippen LogP contribution is -2.59. The molecule has 0 spiro atoms. The van der Waals surface area contributed by atoms with Gasteiger partial charge in [0.2, 0.25) is 0 Å². The summed E-state index contributed by atoms with van der Waals surface area (Å²) in [7, 11) is -3.48. The van der Waals surface area contributed by atoms with E-state index in [2.05, 4.69) is 21.9 Å². The fourth-order valence-corrected chi connectivity index (χ4v) is 5.12. The second-order valence-corrected chi connectivity index (χ2v) is 12.1. The van der Waals surface area contributed by atoms with Crippen molar-refractivity contribution in [1.29, 1.82) is 0 Å². The summed E-state index contributed by atoms with van der Waals surface area (Å²) < 4.78 is 32.0. The quantitative estimate of drug-likeness (QED) is 0.492. The molecule has 0 bridgehead atoms. The number of hydrogen-bond donors (Lipinski definition) is 3. The van der Waals surface area contributed by atoms with Crippen molar-refractivity contribution < 1.29 is 13.2 Å². The average molecular weight is 497 g/mol. The molecular weight excluding hydrogens is 460 g/mol. The van der Waals surface area contributed by atoms with E-state index in [1.165, 1.54) is 0 Å². The van der Waals surface area contributed by atoms with Gasteiger partial charge >= 0.3 is 0 Å². The highest BCUT2D eigenvalue weighted by Gasteiger charge is 2.34. The summed E-state index contributed by atoms with van der Waals surface area (Å²) in [6.07, 6.45) is 11.3.